The molecule has 4 nitrogen and oxygen atoms in total. The van der Waals surface area contributed by atoms with Gasteiger partial charge in [0.15, 0.2) is 5.69 Å². The van der Waals surface area contributed by atoms with Crippen LogP contribution in [0, 0.1) is 11.3 Å². The Labute approximate surface area is 132 Å². The predicted octanol–water partition coefficient (Wildman–Crippen LogP) is 2.98. The van der Waals surface area contributed by atoms with Crippen molar-refractivity contribution in [2.75, 3.05) is 6.54 Å². The smallest absolute Gasteiger partial charge is 0.162 e. The molecule has 0 bridgehead atoms. The van der Waals surface area contributed by atoms with Gasteiger partial charge in [-0.1, -0.05) is 30.3 Å². The van der Waals surface area contributed by atoms with E-state index in [0.29, 0.717) is 11.7 Å². The summed E-state index contributed by atoms with van der Waals surface area (Å²) in [6.07, 6.45) is 3.36. The van der Waals surface area contributed by atoms with E-state index >= 15 is 0 Å². The number of fused-ring (bicyclic) bond motifs is 1. The first-order valence-corrected chi connectivity index (χ1v) is 8.01. The van der Waals surface area contributed by atoms with E-state index in [4.69, 9.17) is 5.26 Å². The normalized spacial score (nSPS) is 16.5. The summed E-state index contributed by atoms with van der Waals surface area (Å²) in [4.78, 5) is 2.52. The Kier molecular flexibility index (Phi) is 4.55. The molecule has 0 N–H and O–H groups in total. The van der Waals surface area contributed by atoms with Crippen LogP contribution in [0.3, 0.4) is 0 Å². The summed E-state index contributed by atoms with van der Waals surface area (Å²) >= 11 is 0. The Morgan fingerprint density at radius 3 is 2.86 bits per heavy atom. The van der Waals surface area contributed by atoms with Gasteiger partial charge in [0.05, 0.1) is 5.69 Å². The van der Waals surface area contributed by atoms with Crippen LogP contribution >= 0.6 is 0 Å². The standard InChI is InChI=1S/C18H22N4/c1-15(8-9-16-6-3-2-4-7-16)21-10-5-11-22-18(14-21)12-17(13-19)20-22/h2-4,6-7,12,15H,5,8-11,14H2,1H3. The Morgan fingerprint density at radius 1 is 1.27 bits per heavy atom. The molecule has 1 atom stereocenters. The van der Waals surface area contributed by atoms with Crippen molar-refractivity contribution in [3.63, 3.8) is 0 Å². The first-order valence-electron chi connectivity index (χ1n) is 8.01. The Morgan fingerprint density at radius 2 is 2.09 bits per heavy atom. The van der Waals surface area contributed by atoms with Crippen LogP contribution in [0.25, 0.3) is 0 Å². The summed E-state index contributed by atoms with van der Waals surface area (Å²) in [5, 5.41) is 13.3. The maximum absolute atomic E-state index is 9.00. The van der Waals surface area contributed by atoms with E-state index in [0.717, 1.165) is 38.9 Å². The Balaban J connectivity index is 1.63. The maximum Gasteiger partial charge on any atom is 0.162 e. The topological polar surface area (TPSA) is 44.9 Å². The molecule has 2 heterocycles. The molecule has 1 aromatic carbocycles. The highest BCUT2D eigenvalue weighted by Crippen LogP contribution is 2.18. The average Bonchev–Trinajstić information content (AvgIpc) is 2.84. The zero-order valence-electron chi connectivity index (χ0n) is 13.1. The van der Waals surface area contributed by atoms with Gasteiger partial charge in [0.1, 0.15) is 6.07 Å². The van der Waals surface area contributed by atoms with Gasteiger partial charge in [-0.15, -0.1) is 0 Å². The number of hydrogen-bond acceptors (Lipinski definition) is 3. The van der Waals surface area contributed by atoms with E-state index < -0.39 is 0 Å². The van der Waals surface area contributed by atoms with Crippen LogP contribution in [-0.2, 0) is 19.5 Å². The first-order chi connectivity index (χ1) is 10.8. The monoisotopic (exact) mass is 294 g/mol. The minimum atomic E-state index is 0.534. The van der Waals surface area contributed by atoms with Crippen molar-refractivity contribution in [2.45, 2.75) is 45.3 Å². The third-order valence-electron chi connectivity index (χ3n) is 4.48. The average molecular weight is 294 g/mol. The summed E-state index contributed by atoms with van der Waals surface area (Å²) < 4.78 is 2.00. The van der Waals surface area contributed by atoms with Crippen LogP contribution in [-0.4, -0.2) is 27.3 Å². The lowest BCUT2D eigenvalue weighted by molar-refractivity contribution is 0.194. The fourth-order valence-electron chi connectivity index (χ4n) is 3.12. The van der Waals surface area contributed by atoms with Gasteiger partial charge >= 0.3 is 0 Å². The fraction of sp³-hybridized carbons (Fsp3) is 0.444. The third-order valence-corrected chi connectivity index (χ3v) is 4.48. The van der Waals surface area contributed by atoms with Crippen molar-refractivity contribution in [3.8, 4) is 6.07 Å². The molecule has 0 amide bonds. The highest BCUT2D eigenvalue weighted by molar-refractivity contribution is 5.23. The summed E-state index contributed by atoms with van der Waals surface area (Å²) in [5.74, 6) is 0. The minimum Gasteiger partial charge on any atom is -0.295 e. The van der Waals surface area contributed by atoms with Crippen molar-refractivity contribution in [1.29, 1.82) is 5.26 Å². The molecular formula is C18H22N4. The van der Waals surface area contributed by atoms with Gasteiger partial charge in [-0.2, -0.15) is 10.4 Å². The first kappa shape index (κ1) is 14.8. The zero-order valence-corrected chi connectivity index (χ0v) is 13.1. The van der Waals surface area contributed by atoms with E-state index in [1.165, 1.54) is 11.3 Å². The van der Waals surface area contributed by atoms with E-state index in [1.807, 2.05) is 10.7 Å². The molecule has 4 heteroatoms. The SMILES string of the molecule is CC(CCc1ccccc1)N1CCCn2nc(C#N)cc2C1. The molecule has 0 radical (unpaired) electrons. The quantitative estimate of drug-likeness (QED) is 0.871. The Bertz CT molecular complexity index is 653. The number of aromatic nitrogens is 2. The summed E-state index contributed by atoms with van der Waals surface area (Å²) in [5.41, 5.74) is 3.11. The second-order valence-corrected chi connectivity index (χ2v) is 6.05. The van der Waals surface area contributed by atoms with Crippen LogP contribution < -0.4 is 0 Å². The van der Waals surface area contributed by atoms with E-state index in [1.54, 1.807) is 0 Å². The van der Waals surface area contributed by atoms with Crippen molar-refractivity contribution in [2.24, 2.45) is 0 Å². The van der Waals surface area contributed by atoms with Gasteiger partial charge in [0.25, 0.3) is 0 Å². The number of rotatable bonds is 4. The van der Waals surface area contributed by atoms with E-state index in [-0.39, 0.29) is 0 Å². The molecule has 1 aliphatic heterocycles. The number of benzene rings is 1. The fourth-order valence-corrected chi connectivity index (χ4v) is 3.12. The van der Waals surface area contributed by atoms with Gasteiger partial charge in [-0.25, -0.2) is 0 Å². The van der Waals surface area contributed by atoms with Crippen LogP contribution in [0.15, 0.2) is 36.4 Å². The summed E-state index contributed by atoms with van der Waals surface area (Å²) in [6.45, 7) is 5.21. The largest absolute Gasteiger partial charge is 0.295 e. The zero-order chi connectivity index (χ0) is 15.4. The molecule has 114 valence electrons. The van der Waals surface area contributed by atoms with Crippen LogP contribution in [0.5, 0.6) is 0 Å². The number of aryl methyl sites for hydroxylation is 2. The maximum atomic E-state index is 9.00. The number of nitriles is 1. The molecule has 22 heavy (non-hydrogen) atoms. The van der Waals surface area contributed by atoms with Crippen LogP contribution in [0.2, 0.25) is 0 Å². The number of hydrogen-bond donors (Lipinski definition) is 0. The van der Waals surface area contributed by atoms with E-state index in [2.05, 4.69) is 53.3 Å². The van der Waals surface area contributed by atoms with Gasteiger partial charge in [-0.3, -0.25) is 9.58 Å². The van der Waals surface area contributed by atoms with Crippen molar-refractivity contribution in [1.82, 2.24) is 14.7 Å². The van der Waals surface area contributed by atoms with Crippen molar-refractivity contribution >= 4 is 0 Å². The third kappa shape index (κ3) is 3.37. The lowest BCUT2D eigenvalue weighted by Crippen LogP contribution is -2.33. The van der Waals surface area contributed by atoms with E-state index in [9.17, 15) is 0 Å². The van der Waals surface area contributed by atoms with Gasteiger partial charge < -0.3 is 0 Å². The predicted molar refractivity (Wildman–Crippen MR) is 86.2 cm³/mol. The lowest BCUT2D eigenvalue weighted by Gasteiger charge is -2.27. The summed E-state index contributed by atoms with van der Waals surface area (Å²) in [6, 6.07) is 15.3. The molecule has 2 aromatic rings. The minimum absolute atomic E-state index is 0.534. The van der Waals surface area contributed by atoms with Gasteiger partial charge in [0, 0.05) is 25.7 Å². The Hall–Kier alpha value is -2.12. The van der Waals surface area contributed by atoms with Gasteiger partial charge in [-0.05, 0) is 37.8 Å². The molecule has 1 unspecified atom stereocenters. The number of nitrogens with zero attached hydrogens (tertiary/aromatic N) is 4. The molecule has 0 spiro atoms. The molecule has 1 aliphatic rings. The van der Waals surface area contributed by atoms with Crippen molar-refractivity contribution < 1.29 is 0 Å². The summed E-state index contributed by atoms with van der Waals surface area (Å²) in [7, 11) is 0. The highest BCUT2D eigenvalue weighted by Gasteiger charge is 2.20. The van der Waals surface area contributed by atoms with Crippen LogP contribution in [0.1, 0.15) is 36.7 Å². The lowest BCUT2D eigenvalue weighted by atomic mass is 10.0. The van der Waals surface area contributed by atoms with Crippen LogP contribution in [0.4, 0.5) is 0 Å². The molecule has 0 fully saturated rings. The molecule has 3 rings (SSSR count). The van der Waals surface area contributed by atoms with Crippen molar-refractivity contribution in [3.05, 3.63) is 53.3 Å². The molecule has 0 aliphatic carbocycles. The highest BCUT2D eigenvalue weighted by atomic mass is 15.3. The van der Waals surface area contributed by atoms with Gasteiger partial charge in [0.2, 0.25) is 0 Å². The molecule has 0 saturated carbocycles. The second-order valence-electron chi connectivity index (χ2n) is 6.05. The molecule has 1 aromatic heterocycles. The second kappa shape index (κ2) is 6.76. The molecular weight excluding hydrogens is 272 g/mol. The molecule has 0 saturated heterocycles.